The highest BCUT2D eigenvalue weighted by atomic mass is 32.2. The fourth-order valence-electron chi connectivity index (χ4n) is 3.33. The van der Waals surface area contributed by atoms with Gasteiger partial charge in [-0.25, -0.2) is 8.42 Å². The van der Waals surface area contributed by atoms with Crippen molar-refractivity contribution in [1.29, 1.82) is 0 Å². The van der Waals surface area contributed by atoms with E-state index in [2.05, 4.69) is 23.8 Å². The zero-order valence-electron chi connectivity index (χ0n) is 15.9. The van der Waals surface area contributed by atoms with Crippen LogP contribution in [0.4, 0.5) is 0 Å². The number of nitrogens with zero attached hydrogens (tertiary/aromatic N) is 4. The maximum Gasteiger partial charge on any atom is 0.243 e. The summed E-state index contributed by atoms with van der Waals surface area (Å²) in [5, 5.41) is 4.28. The van der Waals surface area contributed by atoms with Crippen LogP contribution in [0.25, 0.3) is 0 Å². The van der Waals surface area contributed by atoms with Crippen molar-refractivity contribution >= 4 is 10.0 Å². The van der Waals surface area contributed by atoms with Gasteiger partial charge in [0.25, 0.3) is 0 Å². The highest BCUT2D eigenvalue weighted by Crippen LogP contribution is 2.20. The predicted octanol–water partition coefficient (Wildman–Crippen LogP) is 2.19. The third-order valence-corrected chi connectivity index (χ3v) is 7.07. The number of hydrogen-bond acceptors (Lipinski definition) is 4. The molecular formula is C19H28N4O2S. The van der Waals surface area contributed by atoms with Gasteiger partial charge in [0.2, 0.25) is 10.0 Å². The fraction of sp³-hybridized carbons (Fsp3) is 0.526. The van der Waals surface area contributed by atoms with Gasteiger partial charge in [-0.15, -0.1) is 0 Å². The Morgan fingerprint density at radius 1 is 1.08 bits per heavy atom. The Kier molecular flexibility index (Phi) is 5.79. The molecule has 0 saturated carbocycles. The van der Waals surface area contributed by atoms with Crippen LogP contribution < -0.4 is 0 Å². The first-order valence-corrected chi connectivity index (χ1v) is 10.6. The second-order valence-electron chi connectivity index (χ2n) is 6.95. The monoisotopic (exact) mass is 376 g/mol. The molecule has 1 saturated heterocycles. The van der Waals surface area contributed by atoms with Gasteiger partial charge in [-0.05, 0) is 31.0 Å². The van der Waals surface area contributed by atoms with Crippen LogP contribution >= 0.6 is 0 Å². The summed E-state index contributed by atoms with van der Waals surface area (Å²) in [4.78, 5) is 2.69. The van der Waals surface area contributed by atoms with Crippen molar-refractivity contribution in [2.45, 2.75) is 38.1 Å². The Hall–Kier alpha value is -1.70. The Bertz CT molecular complexity index is 835. The van der Waals surface area contributed by atoms with Gasteiger partial charge in [-0.2, -0.15) is 9.40 Å². The minimum Gasteiger partial charge on any atom is -0.296 e. The summed E-state index contributed by atoms with van der Waals surface area (Å²) in [6.45, 7) is 7.53. The molecule has 0 bridgehead atoms. The second kappa shape index (κ2) is 7.90. The van der Waals surface area contributed by atoms with E-state index in [1.54, 1.807) is 16.4 Å². The van der Waals surface area contributed by atoms with E-state index in [0.717, 1.165) is 38.2 Å². The van der Waals surface area contributed by atoms with Crippen LogP contribution in [-0.2, 0) is 30.0 Å². The summed E-state index contributed by atoms with van der Waals surface area (Å²) in [5.74, 6) is 0. The quantitative estimate of drug-likeness (QED) is 0.775. The summed E-state index contributed by atoms with van der Waals surface area (Å²) >= 11 is 0. The van der Waals surface area contributed by atoms with Gasteiger partial charge in [0.1, 0.15) is 0 Å². The molecule has 1 aliphatic heterocycles. The fourth-order valence-corrected chi connectivity index (χ4v) is 4.76. The van der Waals surface area contributed by atoms with Gasteiger partial charge in [-0.1, -0.05) is 25.5 Å². The molecule has 7 heteroatoms. The van der Waals surface area contributed by atoms with E-state index in [1.807, 2.05) is 30.1 Å². The molecule has 1 aromatic heterocycles. The summed E-state index contributed by atoms with van der Waals surface area (Å²) in [6, 6.07) is 7.34. The number of sulfonamides is 1. The number of aryl methyl sites for hydroxylation is 2. The number of piperazine rings is 1. The molecule has 142 valence electrons. The Labute approximate surface area is 156 Å². The first kappa shape index (κ1) is 19.1. The van der Waals surface area contributed by atoms with Crippen molar-refractivity contribution < 1.29 is 8.42 Å². The van der Waals surface area contributed by atoms with Crippen LogP contribution in [-0.4, -0.2) is 53.6 Å². The van der Waals surface area contributed by atoms with Crippen molar-refractivity contribution in [3.8, 4) is 0 Å². The standard InChI is InChI=1S/C19H28N4O2S/c1-4-5-17-6-8-19(9-7-17)26(24,25)23-12-10-22(11-13-23)15-18-14-20-21(3)16(18)2/h6-9,14H,4-5,10-13,15H2,1-3H3. The third-order valence-electron chi connectivity index (χ3n) is 5.16. The lowest BCUT2D eigenvalue weighted by Crippen LogP contribution is -2.48. The topological polar surface area (TPSA) is 58.4 Å². The van der Waals surface area contributed by atoms with E-state index in [1.165, 1.54) is 11.1 Å². The normalized spacial score (nSPS) is 16.9. The van der Waals surface area contributed by atoms with E-state index < -0.39 is 10.0 Å². The molecule has 0 atom stereocenters. The van der Waals surface area contributed by atoms with Crippen molar-refractivity contribution in [3.63, 3.8) is 0 Å². The Morgan fingerprint density at radius 3 is 2.27 bits per heavy atom. The van der Waals surface area contributed by atoms with Crippen molar-refractivity contribution in [2.24, 2.45) is 7.05 Å². The van der Waals surface area contributed by atoms with Crippen LogP contribution in [0.2, 0.25) is 0 Å². The SMILES string of the molecule is CCCc1ccc(S(=O)(=O)N2CCN(Cc3cnn(C)c3C)CC2)cc1. The lowest BCUT2D eigenvalue weighted by molar-refractivity contribution is 0.181. The maximum absolute atomic E-state index is 12.9. The second-order valence-corrected chi connectivity index (χ2v) is 8.89. The van der Waals surface area contributed by atoms with Gasteiger partial charge in [0.15, 0.2) is 0 Å². The van der Waals surface area contributed by atoms with E-state index in [4.69, 9.17) is 0 Å². The van der Waals surface area contributed by atoms with Crippen LogP contribution in [0, 0.1) is 6.92 Å². The first-order valence-electron chi connectivity index (χ1n) is 9.20. The van der Waals surface area contributed by atoms with Crippen molar-refractivity contribution in [2.75, 3.05) is 26.2 Å². The van der Waals surface area contributed by atoms with Crippen LogP contribution in [0.5, 0.6) is 0 Å². The summed E-state index contributed by atoms with van der Waals surface area (Å²) < 4.78 is 29.2. The molecule has 1 fully saturated rings. The molecule has 0 radical (unpaired) electrons. The molecule has 2 aromatic rings. The summed E-state index contributed by atoms with van der Waals surface area (Å²) in [7, 11) is -1.46. The molecule has 0 aliphatic carbocycles. The molecule has 1 aromatic carbocycles. The highest BCUT2D eigenvalue weighted by molar-refractivity contribution is 7.89. The van der Waals surface area contributed by atoms with Gasteiger partial charge in [0, 0.05) is 51.0 Å². The minimum absolute atomic E-state index is 0.397. The lowest BCUT2D eigenvalue weighted by atomic mass is 10.1. The number of aromatic nitrogens is 2. The molecular weight excluding hydrogens is 348 g/mol. The van der Waals surface area contributed by atoms with E-state index >= 15 is 0 Å². The van der Waals surface area contributed by atoms with Crippen LogP contribution in [0.1, 0.15) is 30.2 Å². The number of benzene rings is 1. The van der Waals surface area contributed by atoms with Gasteiger partial charge in [0.05, 0.1) is 11.1 Å². The molecule has 3 rings (SSSR count). The molecule has 0 amide bonds. The molecule has 1 aliphatic rings. The average molecular weight is 377 g/mol. The summed E-state index contributed by atoms with van der Waals surface area (Å²) in [5.41, 5.74) is 3.55. The lowest BCUT2D eigenvalue weighted by Gasteiger charge is -2.33. The van der Waals surface area contributed by atoms with Crippen molar-refractivity contribution in [1.82, 2.24) is 19.0 Å². The minimum atomic E-state index is -3.40. The van der Waals surface area contributed by atoms with Crippen LogP contribution in [0.3, 0.4) is 0 Å². The van der Waals surface area contributed by atoms with E-state index in [9.17, 15) is 8.42 Å². The van der Waals surface area contributed by atoms with Crippen LogP contribution in [0.15, 0.2) is 35.4 Å². The molecule has 6 nitrogen and oxygen atoms in total. The zero-order valence-corrected chi connectivity index (χ0v) is 16.7. The zero-order chi connectivity index (χ0) is 18.7. The molecule has 26 heavy (non-hydrogen) atoms. The van der Waals surface area contributed by atoms with Gasteiger partial charge < -0.3 is 0 Å². The first-order chi connectivity index (χ1) is 12.4. The highest BCUT2D eigenvalue weighted by Gasteiger charge is 2.28. The van der Waals surface area contributed by atoms with E-state index in [0.29, 0.717) is 18.0 Å². The van der Waals surface area contributed by atoms with Gasteiger partial charge in [-0.3, -0.25) is 9.58 Å². The summed E-state index contributed by atoms with van der Waals surface area (Å²) in [6.07, 6.45) is 3.94. The average Bonchev–Trinajstić information content (AvgIpc) is 2.95. The van der Waals surface area contributed by atoms with Crippen molar-refractivity contribution in [3.05, 3.63) is 47.3 Å². The molecule has 0 N–H and O–H groups in total. The Balaban J connectivity index is 1.62. The molecule has 0 unspecified atom stereocenters. The molecule has 0 spiro atoms. The van der Waals surface area contributed by atoms with Gasteiger partial charge >= 0.3 is 0 Å². The predicted molar refractivity (Wildman–Crippen MR) is 102 cm³/mol. The molecule has 2 heterocycles. The third kappa shape index (κ3) is 4.00. The smallest absolute Gasteiger partial charge is 0.243 e. The number of rotatable bonds is 6. The maximum atomic E-state index is 12.9. The number of hydrogen-bond donors (Lipinski definition) is 0. The van der Waals surface area contributed by atoms with E-state index in [-0.39, 0.29) is 0 Å². The largest absolute Gasteiger partial charge is 0.296 e. The Morgan fingerprint density at radius 2 is 1.73 bits per heavy atom.